The van der Waals surface area contributed by atoms with E-state index >= 15 is 0 Å². The molecule has 5 rings (SSSR count). The summed E-state index contributed by atoms with van der Waals surface area (Å²) in [6.45, 7) is 1.56. The first kappa shape index (κ1) is 17.3. The molecule has 1 saturated carbocycles. The maximum absolute atomic E-state index is 12.6. The third-order valence-corrected chi connectivity index (χ3v) is 5.09. The SMILES string of the molecule is O=C(N[C@H]1C[C@@H](O)CN(Cc2nc(C3CC3)no2)C1)c1cn2cccnc2n1. The second-order valence-corrected chi connectivity index (χ2v) is 7.53. The number of likely N-dealkylation sites (tertiary alicyclic amines) is 1. The zero-order valence-corrected chi connectivity index (χ0v) is 15.2. The fourth-order valence-corrected chi connectivity index (χ4v) is 3.63. The Morgan fingerprint density at radius 1 is 1.32 bits per heavy atom. The van der Waals surface area contributed by atoms with Gasteiger partial charge in [-0.3, -0.25) is 14.1 Å². The molecule has 2 atom stereocenters. The predicted octanol–water partition coefficient (Wildman–Crippen LogP) is 0.355. The number of fused-ring (bicyclic) bond motifs is 1. The fraction of sp³-hybridized carbons (Fsp3) is 0.500. The standard InChI is InChI=1S/C18H21N7O3/c26-13-6-12(20-17(27)14-9-25-5-1-4-19-18(25)21-14)7-24(8-13)10-15-22-16(23-28-15)11-2-3-11/h1,4-5,9,11-13,26H,2-3,6-8,10H2,(H,20,27)/t12-,13+/m0/s1. The minimum atomic E-state index is -0.535. The summed E-state index contributed by atoms with van der Waals surface area (Å²) < 4.78 is 7.03. The number of nitrogens with one attached hydrogen (secondary N) is 1. The number of carbonyl (C=O) groups is 1. The molecule has 10 heteroatoms. The molecule has 1 saturated heterocycles. The fourth-order valence-electron chi connectivity index (χ4n) is 3.63. The summed E-state index contributed by atoms with van der Waals surface area (Å²) in [4.78, 5) is 27.4. The maximum atomic E-state index is 12.6. The number of carbonyl (C=O) groups excluding carboxylic acids is 1. The van der Waals surface area contributed by atoms with Crippen molar-refractivity contribution in [3.63, 3.8) is 0 Å². The van der Waals surface area contributed by atoms with E-state index in [0.717, 1.165) is 18.7 Å². The van der Waals surface area contributed by atoms with E-state index in [1.165, 1.54) is 0 Å². The lowest BCUT2D eigenvalue weighted by molar-refractivity contribution is 0.0415. The van der Waals surface area contributed by atoms with Gasteiger partial charge in [0.1, 0.15) is 5.69 Å². The largest absolute Gasteiger partial charge is 0.392 e. The molecule has 2 N–H and O–H groups in total. The van der Waals surface area contributed by atoms with Crippen molar-refractivity contribution in [3.8, 4) is 0 Å². The molecule has 2 fully saturated rings. The van der Waals surface area contributed by atoms with E-state index in [4.69, 9.17) is 4.52 Å². The van der Waals surface area contributed by atoms with Gasteiger partial charge in [-0.2, -0.15) is 4.98 Å². The van der Waals surface area contributed by atoms with Gasteiger partial charge in [0.25, 0.3) is 5.91 Å². The highest BCUT2D eigenvalue weighted by molar-refractivity contribution is 5.92. The Morgan fingerprint density at radius 3 is 3.04 bits per heavy atom. The average Bonchev–Trinajstić information content (AvgIpc) is 3.25. The Hall–Kier alpha value is -2.85. The molecule has 0 radical (unpaired) electrons. The van der Waals surface area contributed by atoms with Crippen LogP contribution in [0.4, 0.5) is 0 Å². The third kappa shape index (κ3) is 3.60. The van der Waals surface area contributed by atoms with E-state index in [1.54, 1.807) is 29.1 Å². The number of nitrogens with zero attached hydrogens (tertiary/aromatic N) is 6. The highest BCUT2D eigenvalue weighted by Crippen LogP contribution is 2.38. The van der Waals surface area contributed by atoms with Gasteiger partial charge in [0.05, 0.1) is 12.6 Å². The summed E-state index contributed by atoms with van der Waals surface area (Å²) in [5, 5.41) is 17.2. The van der Waals surface area contributed by atoms with Crippen LogP contribution in [0.1, 0.15) is 47.4 Å². The van der Waals surface area contributed by atoms with Crippen molar-refractivity contribution in [1.82, 2.24) is 34.7 Å². The smallest absolute Gasteiger partial charge is 0.271 e. The molecular weight excluding hydrogens is 362 g/mol. The van der Waals surface area contributed by atoms with Crippen LogP contribution in [0.2, 0.25) is 0 Å². The van der Waals surface area contributed by atoms with E-state index in [1.807, 2.05) is 4.90 Å². The van der Waals surface area contributed by atoms with E-state index in [0.29, 0.717) is 49.3 Å². The van der Waals surface area contributed by atoms with E-state index in [9.17, 15) is 9.90 Å². The van der Waals surface area contributed by atoms with E-state index < -0.39 is 6.10 Å². The molecule has 0 bridgehead atoms. The van der Waals surface area contributed by atoms with Crippen LogP contribution in [0, 0.1) is 0 Å². The van der Waals surface area contributed by atoms with E-state index in [-0.39, 0.29) is 11.9 Å². The molecule has 0 aromatic carbocycles. The lowest BCUT2D eigenvalue weighted by atomic mass is 10.0. The maximum Gasteiger partial charge on any atom is 0.271 e. The molecule has 0 spiro atoms. The zero-order chi connectivity index (χ0) is 19.1. The second-order valence-electron chi connectivity index (χ2n) is 7.53. The van der Waals surface area contributed by atoms with Crippen LogP contribution in [0.5, 0.6) is 0 Å². The van der Waals surface area contributed by atoms with Gasteiger partial charge in [0.15, 0.2) is 5.82 Å². The van der Waals surface area contributed by atoms with Crippen molar-refractivity contribution in [2.45, 2.75) is 43.9 Å². The topological polar surface area (TPSA) is 122 Å². The van der Waals surface area contributed by atoms with Crippen LogP contribution in [0.25, 0.3) is 5.78 Å². The highest BCUT2D eigenvalue weighted by Gasteiger charge is 2.31. The van der Waals surface area contributed by atoms with Crippen LogP contribution in [-0.2, 0) is 6.54 Å². The van der Waals surface area contributed by atoms with Gasteiger partial charge in [-0.25, -0.2) is 9.97 Å². The normalized spacial score (nSPS) is 23.2. The Labute approximate surface area is 160 Å². The molecule has 3 aromatic heterocycles. The number of aliphatic hydroxyl groups excluding tert-OH is 1. The van der Waals surface area contributed by atoms with Crippen molar-refractivity contribution < 1.29 is 14.4 Å². The molecule has 4 heterocycles. The molecule has 28 heavy (non-hydrogen) atoms. The number of hydrogen-bond acceptors (Lipinski definition) is 8. The monoisotopic (exact) mass is 383 g/mol. The first-order chi connectivity index (χ1) is 13.6. The minimum Gasteiger partial charge on any atom is -0.392 e. The van der Waals surface area contributed by atoms with Crippen LogP contribution in [0.15, 0.2) is 29.2 Å². The first-order valence-electron chi connectivity index (χ1n) is 9.47. The van der Waals surface area contributed by atoms with Gasteiger partial charge in [-0.1, -0.05) is 5.16 Å². The Kier molecular flexibility index (Phi) is 4.29. The van der Waals surface area contributed by atoms with Crippen molar-refractivity contribution >= 4 is 11.7 Å². The molecule has 10 nitrogen and oxygen atoms in total. The van der Waals surface area contributed by atoms with E-state index in [2.05, 4.69) is 25.4 Å². The summed E-state index contributed by atoms with van der Waals surface area (Å²) in [5.41, 5.74) is 0.302. The Morgan fingerprint density at radius 2 is 2.21 bits per heavy atom. The van der Waals surface area contributed by atoms with Crippen molar-refractivity contribution in [2.24, 2.45) is 0 Å². The van der Waals surface area contributed by atoms with Crippen LogP contribution < -0.4 is 5.32 Å². The molecule has 3 aromatic rings. The van der Waals surface area contributed by atoms with Gasteiger partial charge in [-0.05, 0) is 25.3 Å². The summed E-state index contributed by atoms with van der Waals surface area (Å²) in [5.74, 6) is 1.96. The van der Waals surface area contributed by atoms with Crippen molar-refractivity contribution in [3.05, 3.63) is 42.1 Å². The summed E-state index contributed by atoms with van der Waals surface area (Å²) in [6.07, 6.45) is 7.26. The van der Waals surface area contributed by atoms with Gasteiger partial charge >= 0.3 is 0 Å². The Bertz CT molecular complexity index is 963. The number of hydrogen-bond donors (Lipinski definition) is 2. The van der Waals surface area contributed by atoms with Crippen LogP contribution >= 0.6 is 0 Å². The number of piperidine rings is 1. The number of aromatic nitrogens is 5. The van der Waals surface area contributed by atoms with Gasteiger partial charge in [-0.15, -0.1) is 0 Å². The number of imidazole rings is 1. The van der Waals surface area contributed by atoms with Gasteiger partial charge in [0, 0.05) is 43.6 Å². The highest BCUT2D eigenvalue weighted by atomic mass is 16.5. The quantitative estimate of drug-likeness (QED) is 0.647. The summed E-state index contributed by atoms with van der Waals surface area (Å²) in [7, 11) is 0. The number of amides is 1. The lowest BCUT2D eigenvalue weighted by Crippen LogP contribution is -2.52. The van der Waals surface area contributed by atoms with Crippen molar-refractivity contribution in [1.29, 1.82) is 0 Å². The van der Waals surface area contributed by atoms with Gasteiger partial charge in [0.2, 0.25) is 11.7 Å². The number of rotatable bonds is 5. The number of aliphatic hydroxyl groups is 1. The lowest BCUT2D eigenvalue weighted by Gasteiger charge is -2.35. The van der Waals surface area contributed by atoms with Crippen molar-refractivity contribution in [2.75, 3.05) is 13.1 Å². The molecular formula is C18H21N7O3. The van der Waals surface area contributed by atoms with Gasteiger partial charge < -0.3 is 14.9 Å². The first-order valence-corrected chi connectivity index (χ1v) is 9.47. The molecule has 0 unspecified atom stereocenters. The van der Waals surface area contributed by atoms with Crippen LogP contribution in [-0.4, -0.2) is 65.7 Å². The summed E-state index contributed by atoms with van der Waals surface area (Å²) >= 11 is 0. The number of β-amino-alcohol motifs (C(OH)–C–C–N with tert-alkyl or cyclic N) is 1. The Balaban J connectivity index is 1.23. The predicted molar refractivity (Wildman–Crippen MR) is 96.4 cm³/mol. The molecule has 2 aliphatic rings. The molecule has 1 aliphatic heterocycles. The average molecular weight is 383 g/mol. The van der Waals surface area contributed by atoms with Crippen LogP contribution in [0.3, 0.4) is 0 Å². The molecule has 146 valence electrons. The minimum absolute atomic E-state index is 0.195. The second kappa shape index (κ2) is 6.95. The zero-order valence-electron chi connectivity index (χ0n) is 15.2. The molecule has 1 amide bonds. The summed E-state index contributed by atoms with van der Waals surface area (Å²) in [6, 6.07) is 1.58. The third-order valence-electron chi connectivity index (χ3n) is 5.09. The molecule has 1 aliphatic carbocycles.